The van der Waals surface area contributed by atoms with Crippen molar-refractivity contribution in [2.45, 2.75) is 50.5 Å². The smallest absolute Gasteiger partial charge is 0.257 e. The SMILES string of the molecule is C=C/C(=C\C=C/C)C1CCC2OC3(CCNCC3)C(=O)N21. The Hall–Kier alpha value is -1.39. The maximum absolute atomic E-state index is 13.0. The molecule has 0 aromatic carbocycles. The molecule has 2 unspecified atom stereocenters. The maximum Gasteiger partial charge on any atom is 0.257 e. The number of nitrogens with one attached hydrogen (secondary N) is 1. The molecule has 0 radical (unpaired) electrons. The third-order valence-electron chi connectivity index (χ3n) is 4.83. The molecule has 0 aromatic rings. The van der Waals surface area contributed by atoms with E-state index >= 15 is 0 Å². The van der Waals surface area contributed by atoms with Gasteiger partial charge < -0.3 is 15.0 Å². The van der Waals surface area contributed by atoms with Crippen molar-refractivity contribution in [2.24, 2.45) is 0 Å². The zero-order valence-electron chi connectivity index (χ0n) is 12.7. The van der Waals surface area contributed by atoms with Gasteiger partial charge in [0.25, 0.3) is 5.91 Å². The molecule has 3 heterocycles. The van der Waals surface area contributed by atoms with Crippen molar-refractivity contribution in [3.05, 3.63) is 36.5 Å². The van der Waals surface area contributed by atoms with Crippen molar-refractivity contribution < 1.29 is 9.53 Å². The zero-order chi connectivity index (χ0) is 14.9. The highest BCUT2D eigenvalue weighted by Crippen LogP contribution is 2.43. The van der Waals surface area contributed by atoms with Gasteiger partial charge in [-0.3, -0.25) is 4.79 Å². The summed E-state index contributed by atoms with van der Waals surface area (Å²) in [6.45, 7) is 7.62. The molecule has 0 aliphatic carbocycles. The quantitative estimate of drug-likeness (QED) is 0.809. The average Bonchev–Trinajstić information content (AvgIpc) is 3.01. The van der Waals surface area contributed by atoms with Crippen LogP contribution in [0.4, 0.5) is 0 Å². The van der Waals surface area contributed by atoms with E-state index in [0.717, 1.165) is 44.3 Å². The predicted octanol–water partition coefficient (Wildman–Crippen LogP) is 2.14. The van der Waals surface area contributed by atoms with E-state index < -0.39 is 5.60 Å². The van der Waals surface area contributed by atoms with Crippen molar-refractivity contribution in [2.75, 3.05) is 13.1 Å². The number of nitrogens with zero attached hydrogens (tertiary/aromatic N) is 1. The lowest BCUT2D eigenvalue weighted by atomic mass is 9.90. The fourth-order valence-corrected chi connectivity index (χ4v) is 3.73. The largest absolute Gasteiger partial charge is 0.342 e. The van der Waals surface area contributed by atoms with E-state index in [9.17, 15) is 4.79 Å². The average molecular weight is 288 g/mol. The summed E-state index contributed by atoms with van der Waals surface area (Å²) in [6.07, 6.45) is 11.3. The van der Waals surface area contributed by atoms with Crippen LogP contribution in [0.25, 0.3) is 0 Å². The molecule has 2 atom stereocenters. The Morgan fingerprint density at radius 3 is 2.86 bits per heavy atom. The van der Waals surface area contributed by atoms with E-state index in [4.69, 9.17) is 4.74 Å². The molecule has 3 aliphatic rings. The number of amides is 1. The van der Waals surface area contributed by atoms with Gasteiger partial charge in [0.15, 0.2) is 5.60 Å². The van der Waals surface area contributed by atoms with Crippen LogP contribution in [-0.2, 0) is 9.53 Å². The number of carbonyl (C=O) groups excluding carboxylic acids is 1. The summed E-state index contributed by atoms with van der Waals surface area (Å²) in [5, 5.41) is 3.31. The number of allylic oxidation sites excluding steroid dienone is 3. The van der Waals surface area contributed by atoms with E-state index in [1.807, 2.05) is 30.1 Å². The van der Waals surface area contributed by atoms with Gasteiger partial charge in [-0.05, 0) is 51.3 Å². The van der Waals surface area contributed by atoms with Crippen LogP contribution in [0.2, 0.25) is 0 Å². The second-order valence-electron chi connectivity index (χ2n) is 6.02. The number of fused-ring (bicyclic) bond motifs is 1. The van der Waals surface area contributed by atoms with Gasteiger partial charge in [-0.1, -0.05) is 30.9 Å². The molecule has 4 heteroatoms. The van der Waals surface area contributed by atoms with Crippen LogP contribution in [0.15, 0.2) is 36.5 Å². The minimum absolute atomic E-state index is 0.0467. The fourth-order valence-electron chi connectivity index (χ4n) is 3.73. The maximum atomic E-state index is 13.0. The van der Waals surface area contributed by atoms with Crippen molar-refractivity contribution >= 4 is 5.91 Å². The second-order valence-corrected chi connectivity index (χ2v) is 6.02. The van der Waals surface area contributed by atoms with Crippen molar-refractivity contribution in [1.29, 1.82) is 0 Å². The highest BCUT2D eigenvalue weighted by atomic mass is 16.6. The Morgan fingerprint density at radius 2 is 2.19 bits per heavy atom. The number of carbonyl (C=O) groups is 1. The van der Waals surface area contributed by atoms with E-state index in [0.29, 0.717) is 0 Å². The first kappa shape index (κ1) is 14.5. The standard InChI is InChI=1S/C17H24N2O2/c1-3-5-6-13(4-2)14-7-8-15-19(14)16(20)17(21-15)9-11-18-12-10-17/h3-6,14-15,18H,2,7-12H2,1H3/b5-3-,13-6+. The molecule has 0 aromatic heterocycles. The fraction of sp³-hybridized carbons (Fsp3) is 0.588. The molecule has 4 nitrogen and oxygen atoms in total. The van der Waals surface area contributed by atoms with Gasteiger partial charge >= 0.3 is 0 Å². The number of piperidine rings is 1. The second kappa shape index (κ2) is 5.78. The van der Waals surface area contributed by atoms with E-state index in [-0.39, 0.29) is 18.2 Å². The monoisotopic (exact) mass is 288 g/mol. The Labute approximate surface area is 126 Å². The van der Waals surface area contributed by atoms with Gasteiger partial charge in [0.1, 0.15) is 6.23 Å². The highest BCUT2D eigenvalue weighted by Gasteiger charge is 2.57. The first-order valence-electron chi connectivity index (χ1n) is 7.88. The van der Waals surface area contributed by atoms with Crippen LogP contribution in [0, 0.1) is 0 Å². The summed E-state index contributed by atoms with van der Waals surface area (Å²) in [5.74, 6) is 0.185. The Bertz CT molecular complexity index is 489. The van der Waals surface area contributed by atoms with Crippen molar-refractivity contribution in [3.8, 4) is 0 Å². The minimum atomic E-state index is -0.568. The number of ether oxygens (including phenoxy) is 1. The van der Waals surface area contributed by atoms with Gasteiger partial charge in [0, 0.05) is 0 Å². The van der Waals surface area contributed by atoms with Gasteiger partial charge in [0.2, 0.25) is 0 Å². The molecular weight excluding hydrogens is 264 g/mol. The molecule has 3 fully saturated rings. The third-order valence-corrected chi connectivity index (χ3v) is 4.83. The molecule has 114 valence electrons. The van der Waals surface area contributed by atoms with Gasteiger partial charge in [-0.15, -0.1) is 0 Å². The van der Waals surface area contributed by atoms with Crippen LogP contribution in [0.3, 0.4) is 0 Å². The molecule has 1 amide bonds. The normalized spacial score (nSPS) is 32.1. The molecule has 3 rings (SSSR count). The lowest BCUT2D eigenvalue weighted by Gasteiger charge is -2.32. The molecule has 0 bridgehead atoms. The summed E-state index contributed by atoms with van der Waals surface area (Å²) in [6, 6.07) is 0.116. The summed E-state index contributed by atoms with van der Waals surface area (Å²) in [5.41, 5.74) is 0.542. The number of hydrogen-bond acceptors (Lipinski definition) is 3. The molecule has 1 spiro atoms. The first-order valence-corrected chi connectivity index (χ1v) is 7.88. The topological polar surface area (TPSA) is 41.6 Å². The minimum Gasteiger partial charge on any atom is -0.342 e. The number of hydrogen-bond donors (Lipinski definition) is 1. The summed E-state index contributed by atoms with van der Waals surface area (Å²) in [4.78, 5) is 14.9. The predicted molar refractivity (Wildman–Crippen MR) is 82.7 cm³/mol. The van der Waals surface area contributed by atoms with Crippen LogP contribution in [0.1, 0.15) is 32.6 Å². The molecule has 3 aliphatic heterocycles. The van der Waals surface area contributed by atoms with E-state index in [1.54, 1.807) is 0 Å². The van der Waals surface area contributed by atoms with Crippen LogP contribution >= 0.6 is 0 Å². The van der Waals surface area contributed by atoms with Crippen molar-refractivity contribution in [3.63, 3.8) is 0 Å². The van der Waals surface area contributed by atoms with Gasteiger partial charge in [0.05, 0.1) is 6.04 Å². The zero-order valence-corrected chi connectivity index (χ0v) is 12.7. The van der Waals surface area contributed by atoms with Gasteiger partial charge in [-0.2, -0.15) is 0 Å². The van der Waals surface area contributed by atoms with Crippen LogP contribution in [0.5, 0.6) is 0 Å². The summed E-state index contributed by atoms with van der Waals surface area (Å²) < 4.78 is 6.21. The Balaban J connectivity index is 1.85. The highest BCUT2D eigenvalue weighted by molar-refractivity contribution is 5.88. The van der Waals surface area contributed by atoms with Crippen molar-refractivity contribution in [1.82, 2.24) is 10.2 Å². The lowest BCUT2D eigenvalue weighted by Crippen LogP contribution is -2.50. The van der Waals surface area contributed by atoms with E-state index in [1.165, 1.54) is 0 Å². The van der Waals surface area contributed by atoms with Gasteiger partial charge in [-0.25, -0.2) is 0 Å². The molecule has 21 heavy (non-hydrogen) atoms. The Morgan fingerprint density at radius 1 is 1.43 bits per heavy atom. The summed E-state index contributed by atoms with van der Waals surface area (Å²) in [7, 11) is 0. The molecule has 3 saturated heterocycles. The molecule has 0 saturated carbocycles. The molecular formula is C17H24N2O2. The number of rotatable bonds is 3. The van der Waals surface area contributed by atoms with Crippen LogP contribution in [-0.4, -0.2) is 41.8 Å². The van der Waals surface area contributed by atoms with E-state index in [2.05, 4.69) is 18.0 Å². The third kappa shape index (κ3) is 2.36. The summed E-state index contributed by atoms with van der Waals surface area (Å²) >= 11 is 0. The molecule has 1 N–H and O–H groups in total. The lowest BCUT2D eigenvalue weighted by molar-refractivity contribution is -0.140. The first-order chi connectivity index (χ1) is 10.2. The Kier molecular flexibility index (Phi) is 4.00. The van der Waals surface area contributed by atoms with Crippen LogP contribution < -0.4 is 5.32 Å².